The SMILES string of the molecule is COc1cc(Nc2cccc(C#N)n2)cc(OC)c1. The molecule has 0 amide bonds. The first-order chi connectivity index (χ1) is 9.25. The lowest BCUT2D eigenvalue weighted by Crippen LogP contribution is -1.96. The first-order valence-corrected chi connectivity index (χ1v) is 5.62. The summed E-state index contributed by atoms with van der Waals surface area (Å²) in [6, 6.07) is 12.6. The van der Waals surface area contributed by atoms with Gasteiger partial charge in [-0.2, -0.15) is 5.26 Å². The Morgan fingerprint density at radius 1 is 1.11 bits per heavy atom. The van der Waals surface area contributed by atoms with Gasteiger partial charge in [-0.25, -0.2) is 4.98 Å². The van der Waals surface area contributed by atoms with Gasteiger partial charge < -0.3 is 14.8 Å². The highest BCUT2D eigenvalue weighted by molar-refractivity contribution is 5.61. The molecule has 0 saturated carbocycles. The molecular formula is C14H13N3O2. The Morgan fingerprint density at radius 2 is 1.79 bits per heavy atom. The molecule has 1 aromatic heterocycles. The van der Waals surface area contributed by atoms with Gasteiger partial charge >= 0.3 is 0 Å². The van der Waals surface area contributed by atoms with E-state index in [0.717, 1.165) is 5.69 Å². The maximum absolute atomic E-state index is 8.81. The van der Waals surface area contributed by atoms with Crippen LogP contribution in [-0.4, -0.2) is 19.2 Å². The van der Waals surface area contributed by atoms with Crippen molar-refractivity contribution in [1.29, 1.82) is 5.26 Å². The number of aromatic nitrogens is 1. The van der Waals surface area contributed by atoms with Crippen LogP contribution in [-0.2, 0) is 0 Å². The van der Waals surface area contributed by atoms with E-state index < -0.39 is 0 Å². The van der Waals surface area contributed by atoms with Crippen molar-refractivity contribution in [2.45, 2.75) is 0 Å². The smallest absolute Gasteiger partial charge is 0.142 e. The van der Waals surface area contributed by atoms with Crippen LogP contribution in [0.3, 0.4) is 0 Å². The van der Waals surface area contributed by atoms with Crippen LogP contribution >= 0.6 is 0 Å². The summed E-state index contributed by atoms with van der Waals surface area (Å²) in [5.41, 5.74) is 1.14. The van der Waals surface area contributed by atoms with Crippen molar-refractivity contribution < 1.29 is 9.47 Å². The van der Waals surface area contributed by atoms with E-state index in [4.69, 9.17) is 14.7 Å². The molecule has 1 N–H and O–H groups in total. The number of nitriles is 1. The van der Waals surface area contributed by atoms with Crippen LogP contribution in [0.5, 0.6) is 11.5 Å². The molecule has 0 unspecified atom stereocenters. The zero-order valence-corrected chi connectivity index (χ0v) is 10.7. The minimum atomic E-state index is 0.361. The van der Waals surface area contributed by atoms with Gasteiger partial charge in [-0.1, -0.05) is 6.07 Å². The Hall–Kier alpha value is -2.74. The standard InChI is InChI=1S/C14H13N3O2/c1-18-12-6-11(7-13(8-12)19-2)17-14-5-3-4-10(9-15)16-14/h3-8H,1-2H3,(H,16,17). The lowest BCUT2D eigenvalue weighted by atomic mass is 10.2. The number of ether oxygens (including phenoxy) is 2. The van der Waals surface area contributed by atoms with E-state index in [9.17, 15) is 0 Å². The number of nitrogens with zero attached hydrogens (tertiary/aromatic N) is 2. The third-order valence-corrected chi connectivity index (χ3v) is 2.49. The number of methoxy groups -OCH3 is 2. The van der Waals surface area contributed by atoms with Crippen LogP contribution in [0.15, 0.2) is 36.4 Å². The average Bonchev–Trinajstić information content (AvgIpc) is 2.47. The third kappa shape index (κ3) is 3.13. The Labute approximate surface area is 111 Å². The van der Waals surface area contributed by atoms with Crippen LogP contribution < -0.4 is 14.8 Å². The van der Waals surface area contributed by atoms with Gasteiger partial charge in [0.25, 0.3) is 0 Å². The molecule has 0 atom stereocenters. The summed E-state index contributed by atoms with van der Waals surface area (Å²) in [6.45, 7) is 0. The Bertz CT molecular complexity index is 598. The van der Waals surface area contributed by atoms with Crippen LogP contribution in [0, 0.1) is 11.3 Å². The Kier molecular flexibility index (Phi) is 3.84. The number of nitrogens with one attached hydrogen (secondary N) is 1. The van der Waals surface area contributed by atoms with E-state index in [1.807, 2.05) is 18.2 Å². The molecule has 0 aliphatic rings. The fraction of sp³-hybridized carbons (Fsp3) is 0.143. The fourth-order valence-corrected chi connectivity index (χ4v) is 1.59. The highest BCUT2D eigenvalue weighted by atomic mass is 16.5. The van der Waals surface area contributed by atoms with Crippen molar-refractivity contribution >= 4 is 11.5 Å². The average molecular weight is 255 g/mol. The van der Waals surface area contributed by atoms with Gasteiger partial charge in [0, 0.05) is 23.9 Å². The summed E-state index contributed by atoms with van der Waals surface area (Å²) in [7, 11) is 3.18. The maximum Gasteiger partial charge on any atom is 0.142 e. The summed E-state index contributed by atoms with van der Waals surface area (Å²) in [6.07, 6.45) is 0. The van der Waals surface area contributed by atoms with Crippen molar-refractivity contribution in [2.24, 2.45) is 0 Å². The molecule has 0 fully saturated rings. The van der Waals surface area contributed by atoms with E-state index in [1.54, 1.807) is 38.5 Å². The number of anilines is 2. The van der Waals surface area contributed by atoms with Gasteiger partial charge in [0.2, 0.25) is 0 Å². The molecule has 0 bridgehead atoms. The molecule has 0 aliphatic heterocycles. The van der Waals surface area contributed by atoms with Crippen LogP contribution in [0.25, 0.3) is 0 Å². The van der Waals surface area contributed by atoms with E-state index in [1.165, 1.54) is 0 Å². The largest absolute Gasteiger partial charge is 0.497 e. The second-order valence-electron chi connectivity index (χ2n) is 3.75. The zero-order chi connectivity index (χ0) is 13.7. The Balaban J connectivity index is 2.29. The molecule has 5 heteroatoms. The number of hydrogen-bond acceptors (Lipinski definition) is 5. The molecule has 0 radical (unpaired) electrons. The van der Waals surface area contributed by atoms with Gasteiger partial charge in [0.1, 0.15) is 29.1 Å². The first kappa shape index (κ1) is 12.7. The predicted molar refractivity (Wildman–Crippen MR) is 71.8 cm³/mol. The summed E-state index contributed by atoms with van der Waals surface area (Å²) in [4.78, 5) is 4.14. The molecule has 2 aromatic rings. The summed E-state index contributed by atoms with van der Waals surface area (Å²) in [5.74, 6) is 1.95. The van der Waals surface area contributed by atoms with Gasteiger partial charge in [-0.05, 0) is 12.1 Å². The van der Waals surface area contributed by atoms with Crippen molar-refractivity contribution in [2.75, 3.05) is 19.5 Å². The van der Waals surface area contributed by atoms with E-state index in [2.05, 4.69) is 10.3 Å². The highest BCUT2D eigenvalue weighted by Gasteiger charge is 2.03. The molecule has 2 rings (SSSR count). The van der Waals surface area contributed by atoms with Gasteiger partial charge in [-0.3, -0.25) is 0 Å². The summed E-state index contributed by atoms with van der Waals surface area (Å²) < 4.78 is 10.4. The second kappa shape index (κ2) is 5.74. The molecule has 0 aliphatic carbocycles. The number of rotatable bonds is 4. The van der Waals surface area contributed by atoms with Crippen molar-refractivity contribution in [3.63, 3.8) is 0 Å². The van der Waals surface area contributed by atoms with E-state index >= 15 is 0 Å². The predicted octanol–water partition coefficient (Wildman–Crippen LogP) is 2.71. The van der Waals surface area contributed by atoms with Crippen LogP contribution in [0.1, 0.15) is 5.69 Å². The molecule has 1 aromatic carbocycles. The van der Waals surface area contributed by atoms with Gasteiger partial charge in [0.05, 0.1) is 14.2 Å². The lowest BCUT2D eigenvalue weighted by molar-refractivity contribution is 0.395. The molecular weight excluding hydrogens is 242 g/mol. The van der Waals surface area contributed by atoms with Crippen LogP contribution in [0.4, 0.5) is 11.5 Å². The monoisotopic (exact) mass is 255 g/mol. The fourth-order valence-electron chi connectivity index (χ4n) is 1.59. The molecule has 0 saturated heterocycles. The third-order valence-electron chi connectivity index (χ3n) is 2.49. The Morgan fingerprint density at radius 3 is 2.37 bits per heavy atom. The molecule has 96 valence electrons. The molecule has 5 nitrogen and oxygen atoms in total. The molecule has 1 heterocycles. The van der Waals surface area contributed by atoms with E-state index in [0.29, 0.717) is 23.0 Å². The summed E-state index contributed by atoms with van der Waals surface area (Å²) in [5, 5.41) is 11.9. The minimum Gasteiger partial charge on any atom is -0.497 e. The van der Waals surface area contributed by atoms with Gasteiger partial charge in [0.15, 0.2) is 0 Å². The lowest BCUT2D eigenvalue weighted by Gasteiger charge is -2.10. The zero-order valence-electron chi connectivity index (χ0n) is 10.7. The quantitative estimate of drug-likeness (QED) is 0.909. The molecule has 19 heavy (non-hydrogen) atoms. The van der Waals surface area contributed by atoms with Crippen molar-refractivity contribution in [1.82, 2.24) is 4.98 Å². The highest BCUT2D eigenvalue weighted by Crippen LogP contribution is 2.27. The van der Waals surface area contributed by atoms with Gasteiger partial charge in [-0.15, -0.1) is 0 Å². The molecule has 0 spiro atoms. The maximum atomic E-state index is 8.81. The first-order valence-electron chi connectivity index (χ1n) is 5.62. The number of hydrogen-bond donors (Lipinski definition) is 1. The summed E-state index contributed by atoms with van der Waals surface area (Å²) >= 11 is 0. The number of benzene rings is 1. The van der Waals surface area contributed by atoms with Crippen LogP contribution in [0.2, 0.25) is 0 Å². The minimum absolute atomic E-state index is 0.361. The number of pyridine rings is 1. The second-order valence-corrected chi connectivity index (χ2v) is 3.75. The van der Waals surface area contributed by atoms with E-state index in [-0.39, 0.29) is 0 Å². The normalized spacial score (nSPS) is 9.53. The van der Waals surface area contributed by atoms with Crippen molar-refractivity contribution in [3.8, 4) is 17.6 Å². The topological polar surface area (TPSA) is 67.2 Å². The van der Waals surface area contributed by atoms with Crippen molar-refractivity contribution in [3.05, 3.63) is 42.1 Å².